The largest absolute Gasteiger partial charge is 0.444 e. The number of amides is 4. The van der Waals surface area contributed by atoms with Gasteiger partial charge in [0.2, 0.25) is 17.7 Å². The first-order chi connectivity index (χ1) is 25.0. The summed E-state index contributed by atoms with van der Waals surface area (Å²) in [7, 11) is 0. The number of hydrogen-bond donors (Lipinski definition) is 6. The first-order valence-corrected chi connectivity index (χ1v) is 18.4. The second-order valence-electron chi connectivity index (χ2n) is 15.8. The third-order valence-electron chi connectivity index (χ3n) is 8.66. The number of halogens is 2. The number of Topliss-reactive ketones (excluding diaryl/α,β-unsaturated/α-hetero) is 1. The molecule has 0 fully saturated rings. The highest BCUT2D eigenvalue weighted by Crippen LogP contribution is 2.32. The second-order valence-corrected chi connectivity index (χ2v) is 15.8. The maximum atomic E-state index is 16.9. The van der Waals surface area contributed by atoms with Gasteiger partial charge in [0.15, 0.2) is 11.8 Å². The summed E-state index contributed by atoms with van der Waals surface area (Å²) < 4.78 is 39.1. The number of carbonyl (C=O) groups excluding carboxylic acids is 5. The van der Waals surface area contributed by atoms with Crippen LogP contribution < -0.4 is 27.0 Å². The zero-order valence-corrected chi connectivity index (χ0v) is 32.8. The summed E-state index contributed by atoms with van der Waals surface area (Å²) in [5.74, 6) is -12.0. The first kappa shape index (κ1) is 45.7. The molecular weight excluding hydrogens is 700 g/mol. The molecule has 6 atom stereocenters. The molecule has 14 heteroatoms. The molecule has 0 saturated carbocycles. The summed E-state index contributed by atoms with van der Waals surface area (Å²) >= 11 is 0. The Kier molecular flexibility index (Phi) is 17.2. The lowest BCUT2D eigenvalue weighted by Gasteiger charge is -2.38. The van der Waals surface area contributed by atoms with Crippen LogP contribution >= 0.6 is 0 Å². The lowest BCUT2D eigenvalue weighted by atomic mass is 9.82. The summed E-state index contributed by atoms with van der Waals surface area (Å²) in [5.41, 5.74) is 6.42. The Morgan fingerprint density at radius 3 is 1.78 bits per heavy atom. The van der Waals surface area contributed by atoms with Gasteiger partial charge in [0.25, 0.3) is 0 Å². The minimum atomic E-state index is -4.45. The third kappa shape index (κ3) is 14.1. The predicted octanol–water partition coefficient (Wildman–Crippen LogP) is 4.28. The first-order valence-electron chi connectivity index (χ1n) is 18.4. The number of nitrogens with one attached hydrogen (secondary N) is 4. The number of aliphatic hydroxyl groups is 1. The SMILES string of the molecule is CC(C)CC(NC(=O)[C@H](Cc1ccccc1)NC(=O)OC(C)(C)C)C(O)C(F)(F)C(NC(=O)[C@@H](N)C(C)C)C(=O)C(C(=O)NCc1ccccc1)C(C)C. The van der Waals surface area contributed by atoms with Crippen molar-refractivity contribution in [2.45, 2.75) is 123 Å². The Bertz CT molecular complexity index is 1530. The van der Waals surface area contributed by atoms with Crippen LogP contribution in [0.4, 0.5) is 13.6 Å². The van der Waals surface area contributed by atoms with Gasteiger partial charge in [0.05, 0.1) is 12.1 Å². The summed E-state index contributed by atoms with van der Waals surface area (Å²) in [6.07, 6.45) is -3.93. The lowest BCUT2D eigenvalue weighted by Crippen LogP contribution is -2.66. The molecule has 0 aliphatic carbocycles. The van der Waals surface area contributed by atoms with E-state index < -0.39 is 89.1 Å². The molecule has 12 nitrogen and oxygen atoms in total. The number of alkyl halides is 2. The topological polar surface area (TPSA) is 189 Å². The number of benzene rings is 2. The smallest absolute Gasteiger partial charge is 0.408 e. The molecule has 0 heterocycles. The number of alkyl carbamates (subject to hydrolysis) is 1. The van der Waals surface area contributed by atoms with Crippen molar-refractivity contribution >= 4 is 29.6 Å². The Balaban J connectivity index is 2.54. The maximum absolute atomic E-state index is 16.9. The summed E-state index contributed by atoms with van der Waals surface area (Å²) in [4.78, 5) is 67.5. The predicted molar refractivity (Wildman–Crippen MR) is 202 cm³/mol. The van der Waals surface area contributed by atoms with Crippen molar-refractivity contribution in [1.29, 1.82) is 0 Å². The van der Waals surface area contributed by atoms with Crippen molar-refractivity contribution in [3.8, 4) is 0 Å². The molecule has 54 heavy (non-hydrogen) atoms. The fourth-order valence-electron chi connectivity index (χ4n) is 5.74. The van der Waals surface area contributed by atoms with Crippen molar-refractivity contribution in [3.05, 3.63) is 71.8 Å². The van der Waals surface area contributed by atoms with Crippen LogP contribution in [0.15, 0.2) is 60.7 Å². The molecule has 2 rings (SSSR count). The van der Waals surface area contributed by atoms with Crippen LogP contribution in [0, 0.1) is 23.7 Å². The minimum Gasteiger partial charge on any atom is -0.444 e. The molecule has 2 aromatic rings. The van der Waals surface area contributed by atoms with E-state index in [1.165, 1.54) is 13.8 Å². The van der Waals surface area contributed by atoms with Crippen molar-refractivity contribution in [1.82, 2.24) is 21.3 Å². The highest BCUT2D eigenvalue weighted by molar-refractivity contribution is 6.06. The molecule has 0 aromatic heterocycles. The molecule has 4 amide bonds. The van der Waals surface area contributed by atoms with Crippen LogP contribution in [0.1, 0.15) is 79.9 Å². The number of ether oxygens (including phenoxy) is 1. The highest BCUT2D eigenvalue weighted by Gasteiger charge is 2.56. The molecule has 4 unspecified atom stereocenters. The number of rotatable bonds is 19. The molecule has 0 saturated heterocycles. The number of hydrogen-bond acceptors (Lipinski definition) is 8. The van der Waals surface area contributed by atoms with E-state index in [1.807, 2.05) is 0 Å². The van der Waals surface area contributed by atoms with Gasteiger partial charge in [-0.25, -0.2) is 13.6 Å². The molecule has 7 N–H and O–H groups in total. The lowest BCUT2D eigenvalue weighted by molar-refractivity contribution is -0.168. The van der Waals surface area contributed by atoms with Gasteiger partial charge in [-0.2, -0.15) is 0 Å². The Morgan fingerprint density at radius 2 is 1.30 bits per heavy atom. The zero-order valence-electron chi connectivity index (χ0n) is 32.8. The normalized spacial score (nSPS) is 15.4. The number of ketones is 1. The molecule has 300 valence electrons. The van der Waals surface area contributed by atoms with Crippen molar-refractivity contribution in [3.63, 3.8) is 0 Å². The minimum absolute atomic E-state index is 0.00835. The molecule has 2 aromatic carbocycles. The van der Waals surface area contributed by atoms with Gasteiger partial charge < -0.3 is 36.8 Å². The van der Waals surface area contributed by atoms with Crippen LogP contribution in [0.2, 0.25) is 0 Å². The third-order valence-corrected chi connectivity index (χ3v) is 8.66. The van der Waals surface area contributed by atoms with E-state index in [0.717, 1.165) is 0 Å². The molecular formula is C40H59F2N5O7. The maximum Gasteiger partial charge on any atom is 0.408 e. The molecule has 0 spiro atoms. The Labute approximate surface area is 317 Å². The van der Waals surface area contributed by atoms with Crippen LogP contribution in [0.3, 0.4) is 0 Å². The van der Waals surface area contributed by atoms with Gasteiger partial charge in [-0.05, 0) is 56.1 Å². The Hall–Kier alpha value is -4.43. The summed E-state index contributed by atoms with van der Waals surface area (Å²) in [6, 6.07) is 10.4. The molecule has 0 aliphatic heterocycles. The quantitative estimate of drug-likeness (QED) is 0.115. The van der Waals surface area contributed by atoms with E-state index >= 15 is 8.78 Å². The fraction of sp³-hybridized carbons (Fsp3) is 0.575. The van der Waals surface area contributed by atoms with E-state index in [2.05, 4.69) is 21.3 Å². The van der Waals surface area contributed by atoms with E-state index in [1.54, 1.807) is 109 Å². The Morgan fingerprint density at radius 1 is 0.759 bits per heavy atom. The van der Waals surface area contributed by atoms with Gasteiger partial charge in [-0.3, -0.25) is 19.2 Å². The van der Waals surface area contributed by atoms with Crippen LogP contribution in [-0.4, -0.2) is 76.5 Å². The molecule has 0 bridgehead atoms. The van der Waals surface area contributed by atoms with Gasteiger partial charge in [0, 0.05) is 13.0 Å². The molecule has 0 aliphatic rings. The number of nitrogens with two attached hydrogens (primary N) is 1. The van der Waals surface area contributed by atoms with Crippen LogP contribution in [-0.2, 0) is 36.9 Å². The van der Waals surface area contributed by atoms with E-state index in [4.69, 9.17) is 10.5 Å². The van der Waals surface area contributed by atoms with Crippen molar-refractivity contribution < 1.29 is 42.6 Å². The van der Waals surface area contributed by atoms with E-state index in [-0.39, 0.29) is 25.3 Å². The summed E-state index contributed by atoms with van der Waals surface area (Å²) in [5, 5.41) is 21.2. The van der Waals surface area contributed by atoms with E-state index in [9.17, 15) is 29.1 Å². The van der Waals surface area contributed by atoms with Crippen molar-refractivity contribution in [2.75, 3.05) is 0 Å². The van der Waals surface area contributed by atoms with Gasteiger partial charge in [-0.1, -0.05) is 102 Å². The summed E-state index contributed by atoms with van der Waals surface area (Å²) in [6.45, 7) is 14.5. The highest BCUT2D eigenvalue weighted by atomic mass is 19.3. The molecule has 0 radical (unpaired) electrons. The van der Waals surface area contributed by atoms with Crippen molar-refractivity contribution in [2.24, 2.45) is 29.4 Å². The number of aliphatic hydroxyl groups excluding tert-OH is 1. The van der Waals surface area contributed by atoms with Crippen LogP contribution in [0.25, 0.3) is 0 Å². The van der Waals surface area contributed by atoms with Crippen LogP contribution in [0.5, 0.6) is 0 Å². The van der Waals surface area contributed by atoms with Gasteiger partial charge in [0.1, 0.15) is 23.7 Å². The fourth-order valence-corrected chi connectivity index (χ4v) is 5.74. The van der Waals surface area contributed by atoms with Gasteiger partial charge in [-0.15, -0.1) is 0 Å². The number of carbonyl (C=O) groups is 5. The van der Waals surface area contributed by atoms with Gasteiger partial charge >= 0.3 is 12.0 Å². The second kappa shape index (κ2) is 20.3. The standard InChI is InChI=1S/C40H59F2N5O7/c1-23(2)20-28(45-35(50)29(21-26-16-12-10-13-17-26)46-38(53)54-39(7,8)9)34(49)40(41,42)33(47-37(52)31(43)25(5)6)32(48)30(24(3)4)36(51)44-22-27-18-14-11-15-19-27/h10-19,23-25,28-31,33-34,49H,20-22,43H2,1-9H3,(H,44,51)(H,45,50)(H,46,53)(H,47,52)/t28?,29-,30?,31-,33?,34?/m0/s1. The average molecular weight is 760 g/mol. The monoisotopic (exact) mass is 759 g/mol. The average Bonchev–Trinajstić information content (AvgIpc) is 3.07. The zero-order chi connectivity index (χ0) is 41.0. The van der Waals surface area contributed by atoms with E-state index in [0.29, 0.717) is 11.1 Å².